The van der Waals surface area contributed by atoms with Gasteiger partial charge in [0.15, 0.2) is 0 Å². The normalized spacial score (nSPS) is 10.4. The van der Waals surface area contributed by atoms with E-state index >= 15 is 0 Å². The van der Waals surface area contributed by atoms with Crippen molar-refractivity contribution in [3.63, 3.8) is 0 Å². The molecule has 0 amide bonds. The Bertz CT molecular complexity index is 537. The van der Waals surface area contributed by atoms with E-state index in [1.54, 1.807) is 12.1 Å². The van der Waals surface area contributed by atoms with Gasteiger partial charge in [-0.3, -0.25) is 0 Å². The number of hydrogen-bond acceptors (Lipinski definition) is 1. The number of anilines is 1. The highest BCUT2D eigenvalue weighted by atomic mass is 79.9. The van der Waals surface area contributed by atoms with Gasteiger partial charge in [0.1, 0.15) is 5.82 Å². The Labute approximate surface area is 102 Å². The highest BCUT2D eigenvalue weighted by molar-refractivity contribution is 9.10. The topological polar surface area (TPSA) is 26.0 Å². The van der Waals surface area contributed by atoms with E-state index in [2.05, 4.69) is 15.9 Å². The van der Waals surface area contributed by atoms with E-state index in [-0.39, 0.29) is 5.82 Å². The van der Waals surface area contributed by atoms with Crippen LogP contribution in [0.5, 0.6) is 0 Å². The highest BCUT2D eigenvalue weighted by Crippen LogP contribution is 2.30. The van der Waals surface area contributed by atoms with Crippen LogP contribution in [0.25, 0.3) is 11.1 Å². The maximum Gasteiger partial charge on any atom is 0.145 e. The van der Waals surface area contributed by atoms with E-state index in [9.17, 15) is 4.39 Å². The quantitative estimate of drug-likeness (QED) is 0.780. The summed E-state index contributed by atoms with van der Waals surface area (Å²) in [5.41, 5.74) is 8.71. The molecule has 0 saturated carbocycles. The Morgan fingerprint density at radius 1 is 1.19 bits per heavy atom. The Hall–Kier alpha value is -1.35. The van der Waals surface area contributed by atoms with Gasteiger partial charge in [-0.1, -0.05) is 29.8 Å². The molecular weight excluding hydrogens is 269 g/mol. The summed E-state index contributed by atoms with van der Waals surface area (Å²) < 4.78 is 14.3. The molecular formula is C13H11BrFN. The number of halogens is 2. The summed E-state index contributed by atoms with van der Waals surface area (Å²) in [4.78, 5) is 0. The predicted octanol–water partition coefficient (Wildman–Crippen LogP) is 4.15. The number of rotatable bonds is 1. The van der Waals surface area contributed by atoms with Crippen molar-refractivity contribution in [3.8, 4) is 11.1 Å². The maximum absolute atomic E-state index is 13.9. The lowest BCUT2D eigenvalue weighted by atomic mass is 10.0. The Kier molecular flexibility index (Phi) is 2.97. The van der Waals surface area contributed by atoms with Crippen LogP contribution in [-0.4, -0.2) is 0 Å². The van der Waals surface area contributed by atoms with Gasteiger partial charge in [-0.15, -0.1) is 0 Å². The number of benzene rings is 2. The molecule has 0 aliphatic rings. The van der Waals surface area contributed by atoms with Crippen molar-refractivity contribution in [2.45, 2.75) is 6.92 Å². The number of nitrogens with two attached hydrogens (primary N) is 1. The second-order valence-electron chi connectivity index (χ2n) is 3.73. The molecule has 2 rings (SSSR count). The molecule has 0 heterocycles. The summed E-state index contributed by atoms with van der Waals surface area (Å²) in [7, 11) is 0. The second-order valence-corrected chi connectivity index (χ2v) is 4.59. The lowest BCUT2D eigenvalue weighted by Gasteiger charge is -2.07. The molecule has 0 aromatic heterocycles. The molecule has 0 atom stereocenters. The minimum absolute atomic E-state index is 0.278. The van der Waals surface area contributed by atoms with Crippen LogP contribution in [-0.2, 0) is 0 Å². The van der Waals surface area contributed by atoms with Crippen molar-refractivity contribution in [2.75, 3.05) is 5.73 Å². The van der Waals surface area contributed by atoms with Crippen LogP contribution in [0.15, 0.2) is 40.9 Å². The molecule has 82 valence electrons. The molecule has 0 saturated heterocycles. The standard InChI is InChI=1S/C13H11BrFN/c1-8-3-2-4-9(5-8)11-6-10(16)7-12(14)13(11)15/h2-7H,16H2,1H3. The van der Waals surface area contributed by atoms with Crippen LogP contribution >= 0.6 is 15.9 Å². The molecule has 0 unspecified atom stereocenters. The van der Waals surface area contributed by atoms with Gasteiger partial charge in [0, 0.05) is 11.3 Å². The monoisotopic (exact) mass is 279 g/mol. The van der Waals surface area contributed by atoms with Gasteiger partial charge in [-0.25, -0.2) is 4.39 Å². The van der Waals surface area contributed by atoms with Gasteiger partial charge in [0.25, 0.3) is 0 Å². The first-order valence-electron chi connectivity index (χ1n) is 4.89. The molecule has 0 aliphatic carbocycles. The fourth-order valence-electron chi connectivity index (χ4n) is 1.63. The third-order valence-corrected chi connectivity index (χ3v) is 2.96. The zero-order valence-corrected chi connectivity index (χ0v) is 10.4. The lowest BCUT2D eigenvalue weighted by molar-refractivity contribution is 0.625. The van der Waals surface area contributed by atoms with Gasteiger partial charge >= 0.3 is 0 Å². The maximum atomic E-state index is 13.9. The van der Waals surface area contributed by atoms with Crippen LogP contribution in [0.1, 0.15) is 5.56 Å². The first kappa shape index (κ1) is 11.1. The molecule has 1 nitrogen and oxygen atoms in total. The molecule has 2 aromatic carbocycles. The van der Waals surface area contributed by atoms with Crippen molar-refractivity contribution in [1.82, 2.24) is 0 Å². The molecule has 0 aliphatic heterocycles. The van der Waals surface area contributed by atoms with Crippen LogP contribution in [0.4, 0.5) is 10.1 Å². The third kappa shape index (κ3) is 2.09. The summed E-state index contributed by atoms with van der Waals surface area (Å²) >= 11 is 3.16. The molecule has 0 spiro atoms. The minimum atomic E-state index is -0.278. The van der Waals surface area contributed by atoms with Gasteiger partial charge in [0.2, 0.25) is 0 Å². The Morgan fingerprint density at radius 3 is 2.62 bits per heavy atom. The molecule has 0 bridgehead atoms. The highest BCUT2D eigenvalue weighted by Gasteiger charge is 2.09. The van der Waals surface area contributed by atoms with E-state index < -0.39 is 0 Å². The van der Waals surface area contributed by atoms with Gasteiger partial charge in [-0.05, 0) is 40.5 Å². The van der Waals surface area contributed by atoms with Crippen LogP contribution in [0, 0.1) is 12.7 Å². The van der Waals surface area contributed by atoms with E-state index in [0.717, 1.165) is 11.1 Å². The molecule has 0 fully saturated rings. The first-order chi connectivity index (χ1) is 7.58. The zero-order valence-electron chi connectivity index (χ0n) is 8.80. The fourth-order valence-corrected chi connectivity index (χ4v) is 2.11. The smallest absolute Gasteiger partial charge is 0.145 e. The average molecular weight is 280 g/mol. The van der Waals surface area contributed by atoms with Gasteiger partial charge < -0.3 is 5.73 Å². The number of aryl methyl sites for hydroxylation is 1. The third-order valence-electron chi connectivity index (χ3n) is 2.38. The fraction of sp³-hybridized carbons (Fsp3) is 0.0769. The van der Waals surface area contributed by atoms with Crippen LogP contribution in [0.3, 0.4) is 0 Å². The van der Waals surface area contributed by atoms with Crippen LogP contribution in [0.2, 0.25) is 0 Å². The largest absolute Gasteiger partial charge is 0.399 e. The van der Waals surface area contributed by atoms with E-state index in [4.69, 9.17) is 5.73 Å². The summed E-state index contributed by atoms with van der Waals surface area (Å²) in [5.74, 6) is -0.278. The summed E-state index contributed by atoms with van der Waals surface area (Å²) in [6, 6.07) is 10.9. The second kappa shape index (κ2) is 4.26. The predicted molar refractivity (Wildman–Crippen MR) is 68.7 cm³/mol. The minimum Gasteiger partial charge on any atom is -0.399 e. The average Bonchev–Trinajstić information content (AvgIpc) is 2.23. The van der Waals surface area contributed by atoms with Crippen molar-refractivity contribution < 1.29 is 4.39 Å². The Balaban J connectivity index is 2.64. The molecule has 2 N–H and O–H groups in total. The summed E-state index contributed by atoms with van der Waals surface area (Å²) in [6.07, 6.45) is 0. The van der Waals surface area contributed by atoms with Gasteiger partial charge in [0.05, 0.1) is 4.47 Å². The van der Waals surface area contributed by atoms with E-state index in [1.807, 2.05) is 31.2 Å². The molecule has 3 heteroatoms. The lowest BCUT2D eigenvalue weighted by Crippen LogP contribution is -1.91. The summed E-state index contributed by atoms with van der Waals surface area (Å²) in [5, 5.41) is 0. The Morgan fingerprint density at radius 2 is 1.94 bits per heavy atom. The zero-order chi connectivity index (χ0) is 11.7. The van der Waals surface area contributed by atoms with Gasteiger partial charge in [-0.2, -0.15) is 0 Å². The SMILES string of the molecule is Cc1cccc(-c2cc(N)cc(Br)c2F)c1. The number of nitrogen functional groups attached to an aromatic ring is 1. The van der Waals surface area contributed by atoms with Crippen molar-refractivity contribution in [2.24, 2.45) is 0 Å². The number of hydrogen-bond donors (Lipinski definition) is 1. The first-order valence-corrected chi connectivity index (χ1v) is 5.69. The van der Waals surface area contributed by atoms with Crippen LogP contribution < -0.4 is 5.73 Å². The molecule has 0 radical (unpaired) electrons. The summed E-state index contributed by atoms with van der Waals surface area (Å²) in [6.45, 7) is 1.97. The molecule has 2 aromatic rings. The van der Waals surface area contributed by atoms with Crippen molar-refractivity contribution >= 4 is 21.6 Å². The molecule has 16 heavy (non-hydrogen) atoms. The van der Waals surface area contributed by atoms with E-state index in [0.29, 0.717) is 15.7 Å². The van der Waals surface area contributed by atoms with E-state index in [1.165, 1.54) is 0 Å². The van der Waals surface area contributed by atoms with Crippen molar-refractivity contribution in [1.29, 1.82) is 0 Å². The van der Waals surface area contributed by atoms with Crippen molar-refractivity contribution in [3.05, 3.63) is 52.3 Å².